The van der Waals surface area contributed by atoms with Gasteiger partial charge in [-0.05, 0) is 19.4 Å². The number of aromatic amines is 1. The third-order valence-electron chi connectivity index (χ3n) is 2.71. The van der Waals surface area contributed by atoms with E-state index in [0.717, 1.165) is 5.56 Å². The lowest BCUT2D eigenvalue weighted by Crippen LogP contribution is -2.20. The van der Waals surface area contributed by atoms with Gasteiger partial charge in [0, 0.05) is 11.8 Å². The van der Waals surface area contributed by atoms with Crippen LogP contribution in [-0.2, 0) is 4.74 Å². The van der Waals surface area contributed by atoms with Crippen LogP contribution in [0.2, 0.25) is 0 Å². The highest BCUT2D eigenvalue weighted by Crippen LogP contribution is 2.20. The third kappa shape index (κ3) is 2.73. The van der Waals surface area contributed by atoms with Crippen molar-refractivity contribution in [1.82, 2.24) is 4.98 Å². The fraction of sp³-hybridized carbons (Fsp3) is 0.200. The Hall–Kier alpha value is -2.36. The van der Waals surface area contributed by atoms with E-state index in [4.69, 9.17) is 4.74 Å². The van der Waals surface area contributed by atoms with Crippen molar-refractivity contribution in [2.24, 2.45) is 0 Å². The highest BCUT2D eigenvalue weighted by atomic mass is 16.5. The molecule has 0 aliphatic rings. The fourth-order valence-corrected chi connectivity index (χ4v) is 1.92. The second-order valence-corrected chi connectivity index (χ2v) is 4.15. The van der Waals surface area contributed by atoms with Crippen molar-refractivity contribution < 1.29 is 9.53 Å². The molecule has 0 atom stereocenters. The van der Waals surface area contributed by atoms with E-state index in [2.05, 4.69) is 4.98 Å². The van der Waals surface area contributed by atoms with Gasteiger partial charge in [-0.1, -0.05) is 30.3 Å². The first kappa shape index (κ1) is 13.1. The maximum Gasteiger partial charge on any atom is 0.344 e. The topological polar surface area (TPSA) is 59.2 Å². The summed E-state index contributed by atoms with van der Waals surface area (Å²) in [4.78, 5) is 27.0. The van der Waals surface area contributed by atoms with Gasteiger partial charge in [-0.15, -0.1) is 0 Å². The van der Waals surface area contributed by atoms with Crippen LogP contribution in [0.1, 0.15) is 23.0 Å². The summed E-state index contributed by atoms with van der Waals surface area (Å²) in [6, 6.07) is 10.7. The van der Waals surface area contributed by atoms with Gasteiger partial charge in [0.25, 0.3) is 0 Å². The largest absolute Gasteiger partial charge is 0.462 e. The Labute approximate surface area is 111 Å². The molecule has 98 valence electrons. The van der Waals surface area contributed by atoms with Crippen LogP contribution in [0.15, 0.2) is 41.2 Å². The molecule has 1 heterocycles. The van der Waals surface area contributed by atoms with Gasteiger partial charge in [0.2, 0.25) is 0 Å². The number of aromatic nitrogens is 1. The van der Waals surface area contributed by atoms with Crippen molar-refractivity contribution in [3.05, 3.63) is 57.9 Å². The molecule has 0 amide bonds. The van der Waals surface area contributed by atoms with Crippen molar-refractivity contribution in [3.8, 4) is 11.3 Å². The minimum atomic E-state index is -0.595. The molecule has 0 fully saturated rings. The van der Waals surface area contributed by atoms with Gasteiger partial charge in [-0.2, -0.15) is 0 Å². The number of rotatable bonds is 3. The minimum absolute atomic E-state index is 0.0543. The Kier molecular flexibility index (Phi) is 3.80. The minimum Gasteiger partial charge on any atom is -0.462 e. The van der Waals surface area contributed by atoms with Crippen LogP contribution in [-0.4, -0.2) is 17.6 Å². The van der Waals surface area contributed by atoms with Crippen molar-refractivity contribution in [2.75, 3.05) is 6.61 Å². The Bertz CT molecular complexity index is 644. The van der Waals surface area contributed by atoms with E-state index < -0.39 is 5.97 Å². The summed E-state index contributed by atoms with van der Waals surface area (Å²) in [5.74, 6) is -0.595. The smallest absolute Gasteiger partial charge is 0.344 e. The Morgan fingerprint density at radius 3 is 2.58 bits per heavy atom. The zero-order chi connectivity index (χ0) is 13.8. The number of nitrogens with one attached hydrogen (secondary N) is 1. The quantitative estimate of drug-likeness (QED) is 0.859. The zero-order valence-electron chi connectivity index (χ0n) is 10.9. The predicted octanol–water partition coefficient (Wildman–Crippen LogP) is 2.53. The maximum absolute atomic E-state index is 12.0. The standard InChI is InChI=1S/C15H15NO3/c1-3-19-15(18)13-12(17)9-10(2)16-14(13)11-7-5-4-6-8-11/h4-9H,3H2,1-2H3,(H,16,17). The fourth-order valence-electron chi connectivity index (χ4n) is 1.92. The Morgan fingerprint density at radius 1 is 1.26 bits per heavy atom. The molecule has 1 aromatic heterocycles. The number of hydrogen-bond donors (Lipinski definition) is 1. The number of hydrogen-bond acceptors (Lipinski definition) is 3. The third-order valence-corrected chi connectivity index (χ3v) is 2.71. The normalized spacial score (nSPS) is 10.2. The predicted molar refractivity (Wildman–Crippen MR) is 73.2 cm³/mol. The van der Waals surface area contributed by atoms with Gasteiger partial charge in [-0.25, -0.2) is 4.79 Å². The summed E-state index contributed by atoms with van der Waals surface area (Å²) >= 11 is 0. The molecular weight excluding hydrogens is 242 g/mol. The van der Waals surface area contributed by atoms with Crippen LogP contribution >= 0.6 is 0 Å². The number of carbonyl (C=O) groups is 1. The van der Waals surface area contributed by atoms with Crippen LogP contribution < -0.4 is 5.43 Å². The number of ether oxygens (including phenoxy) is 1. The molecule has 1 N–H and O–H groups in total. The Morgan fingerprint density at radius 2 is 1.95 bits per heavy atom. The van der Waals surface area contributed by atoms with E-state index in [1.54, 1.807) is 13.8 Å². The molecule has 4 heteroatoms. The average Bonchev–Trinajstić information content (AvgIpc) is 2.39. The van der Waals surface area contributed by atoms with Crippen molar-refractivity contribution in [1.29, 1.82) is 0 Å². The van der Waals surface area contributed by atoms with Crippen LogP contribution in [0.5, 0.6) is 0 Å². The molecule has 0 saturated carbocycles. The molecule has 2 rings (SSSR count). The maximum atomic E-state index is 12.0. The second-order valence-electron chi connectivity index (χ2n) is 4.15. The van der Waals surface area contributed by atoms with Gasteiger partial charge >= 0.3 is 5.97 Å². The lowest BCUT2D eigenvalue weighted by Gasteiger charge is -2.09. The summed E-state index contributed by atoms with van der Waals surface area (Å²) in [5, 5.41) is 0. The zero-order valence-corrected chi connectivity index (χ0v) is 10.9. The van der Waals surface area contributed by atoms with E-state index in [1.165, 1.54) is 6.07 Å². The van der Waals surface area contributed by atoms with Crippen molar-refractivity contribution >= 4 is 5.97 Å². The molecule has 19 heavy (non-hydrogen) atoms. The van der Waals surface area contributed by atoms with Gasteiger partial charge < -0.3 is 9.72 Å². The first-order valence-electron chi connectivity index (χ1n) is 6.10. The lowest BCUT2D eigenvalue weighted by molar-refractivity contribution is 0.0525. The molecule has 0 radical (unpaired) electrons. The first-order chi connectivity index (χ1) is 9.13. The molecule has 0 aliphatic heterocycles. The highest BCUT2D eigenvalue weighted by Gasteiger charge is 2.18. The molecule has 2 aromatic rings. The van der Waals surface area contributed by atoms with Crippen molar-refractivity contribution in [3.63, 3.8) is 0 Å². The van der Waals surface area contributed by atoms with Gasteiger partial charge in [0.15, 0.2) is 5.43 Å². The summed E-state index contributed by atoms with van der Waals surface area (Å²) in [5.41, 5.74) is 1.72. The number of aryl methyl sites for hydroxylation is 1. The molecule has 0 unspecified atom stereocenters. The summed E-state index contributed by atoms with van der Waals surface area (Å²) in [7, 11) is 0. The van der Waals surface area contributed by atoms with Crippen LogP contribution in [0.3, 0.4) is 0 Å². The van der Waals surface area contributed by atoms with Crippen LogP contribution in [0.4, 0.5) is 0 Å². The van der Waals surface area contributed by atoms with Gasteiger partial charge in [0.05, 0.1) is 12.3 Å². The molecule has 1 aromatic carbocycles. The van der Waals surface area contributed by atoms with Crippen LogP contribution in [0, 0.1) is 6.92 Å². The molecule has 0 saturated heterocycles. The molecule has 0 spiro atoms. The van der Waals surface area contributed by atoms with E-state index in [9.17, 15) is 9.59 Å². The van der Waals surface area contributed by atoms with Gasteiger partial charge in [0.1, 0.15) is 5.56 Å². The van der Waals surface area contributed by atoms with Gasteiger partial charge in [-0.3, -0.25) is 4.79 Å². The molecule has 0 aliphatic carbocycles. The Balaban J connectivity index is 2.65. The number of pyridine rings is 1. The highest BCUT2D eigenvalue weighted by molar-refractivity contribution is 5.96. The molecule has 0 bridgehead atoms. The number of benzene rings is 1. The van der Waals surface area contributed by atoms with E-state index in [1.807, 2.05) is 30.3 Å². The summed E-state index contributed by atoms with van der Waals surface area (Å²) in [6.45, 7) is 3.73. The lowest BCUT2D eigenvalue weighted by atomic mass is 10.0. The number of H-pyrrole nitrogens is 1. The SMILES string of the molecule is CCOC(=O)c1c(-c2ccccc2)[nH]c(C)cc1=O. The van der Waals surface area contributed by atoms with Crippen molar-refractivity contribution in [2.45, 2.75) is 13.8 Å². The van der Waals surface area contributed by atoms with E-state index in [0.29, 0.717) is 11.4 Å². The van der Waals surface area contributed by atoms with E-state index >= 15 is 0 Å². The number of esters is 1. The first-order valence-corrected chi connectivity index (χ1v) is 6.10. The number of carbonyl (C=O) groups excluding carboxylic acids is 1. The second kappa shape index (κ2) is 5.52. The van der Waals surface area contributed by atoms with Crippen LogP contribution in [0.25, 0.3) is 11.3 Å². The molecule has 4 nitrogen and oxygen atoms in total. The molecular formula is C15H15NO3. The monoisotopic (exact) mass is 257 g/mol. The average molecular weight is 257 g/mol. The van der Waals surface area contributed by atoms with E-state index in [-0.39, 0.29) is 17.6 Å². The summed E-state index contributed by atoms with van der Waals surface area (Å²) < 4.78 is 4.95. The summed E-state index contributed by atoms with van der Waals surface area (Å²) in [6.07, 6.45) is 0.